The molecule has 1 saturated carbocycles. The number of hydrogen-bond acceptors (Lipinski definition) is 3. The average molecular weight is 228 g/mol. The van der Waals surface area contributed by atoms with E-state index in [2.05, 4.69) is 13.8 Å². The molecule has 1 rings (SSSR count). The number of esters is 1. The van der Waals surface area contributed by atoms with Gasteiger partial charge in [-0.1, -0.05) is 13.8 Å². The van der Waals surface area contributed by atoms with Crippen molar-refractivity contribution in [1.29, 1.82) is 0 Å². The van der Waals surface area contributed by atoms with Gasteiger partial charge in [0, 0.05) is 0 Å². The second kappa shape index (κ2) is 4.02. The van der Waals surface area contributed by atoms with Gasteiger partial charge in [0.15, 0.2) is 0 Å². The fourth-order valence-corrected chi connectivity index (χ4v) is 2.41. The van der Waals surface area contributed by atoms with E-state index >= 15 is 0 Å². The summed E-state index contributed by atoms with van der Waals surface area (Å²) in [7, 11) is 1.38. The van der Waals surface area contributed by atoms with Crippen LogP contribution in [0.3, 0.4) is 0 Å². The van der Waals surface area contributed by atoms with Crippen molar-refractivity contribution < 1.29 is 14.6 Å². The summed E-state index contributed by atoms with van der Waals surface area (Å²) in [6, 6.07) is 0. The van der Waals surface area contributed by atoms with E-state index in [1.807, 2.05) is 0 Å². The smallest absolute Gasteiger partial charge is 0.314 e. The molecule has 0 aliphatic heterocycles. The molecule has 16 heavy (non-hydrogen) atoms. The predicted molar refractivity (Wildman–Crippen MR) is 63.0 cm³/mol. The molecule has 0 aromatic carbocycles. The molecule has 3 nitrogen and oxygen atoms in total. The maximum Gasteiger partial charge on any atom is 0.314 e. The van der Waals surface area contributed by atoms with Gasteiger partial charge in [0.2, 0.25) is 0 Å². The van der Waals surface area contributed by atoms with Crippen LogP contribution in [-0.4, -0.2) is 23.8 Å². The monoisotopic (exact) mass is 228 g/mol. The zero-order valence-corrected chi connectivity index (χ0v) is 11.1. The lowest BCUT2D eigenvalue weighted by molar-refractivity contribution is -0.175. The Balaban J connectivity index is 2.84. The van der Waals surface area contributed by atoms with Gasteiger partial charge >= 0.3 is 5.97 Å². The van der Waals surface area contributed by atoms with E-state index in [0.29, 0.717) is 12.8 Å². The molecule has 0 atom stereocenters. The molecule has 3 heteroatoms. The molecule has 0 radical (unpaired) electrons. The summed E-state index contributed by atoms with van der Waals surface area (Å²) >= 11 is 0. The lowest BCUT2D eigenvalue weighted by Crippen LogP contribution is -2.52. The van der Waals surface area contributed by atoms with Crippen LogP contribution in [0.2, 0.25) is 0 Å². The molecule has 0 spiro atoms. The molecule has 1 aliphatic carbocycles. The summed E-state index contributed by atoms with van der Waals surface area (Å²) in [5.41, 5.74) is -1.47. The quantitative estimate of drug-likeness (QED) is 0.739. The molecule has 1 N–H and O–H groups in total. The summed E-state index contributed by atoms with van der Waals surface area (Å²) in [6.07, 6.45) is 3.23. The highest BCUT2D eigenvalue weighted by molar-refractivity contribution is 5.77. The Morgan fingerprint density at radius 3 is 2.00 bits per heavy atom. The van der Waals surface area contributed by atoms with Crippen LogP contribution in [0.1, 0.15) is 53.4 Å². The highest BCUT2D eigenvalue weighted by Crippen LogP contribution is 2.48. The van der Waals surface area contributed by atoms with Gasteiger partial charge in [0.05, 0.1) is 18.1 Å². The van der Waals surface area contributed by atoms with Crippen LogP contribution in [0.25, 0.3) is 0 Å². The van der Waals surface area contributed by atoms with Gasteiger partial charge in [-0.3, -0.25) is 4.79 Å². The molecule has 0 saturated heterocycles. The number of methoxy groups -OCH3 is 1. The van der Waals surface area contributed by atoms with Crippen LogP contribution in [0.5, 0.6) is 0 Å². The Kier molecular flexibility index (Phi) is 3.39. The highest BCUT2D eigenvalue weighted by Gasteiger charge is 2.52. The number of hydrogen-bond donors (Lipinski definition) is 1. The molecule has 1 fully saturated rings. The van der Waals surface area contributed by atoms with Crippen LogP contribution in [0.15, 0.2) is 0 Å². The van der Waals surface area contributed by atoms with E-state index < -0.39 is 11.0 Å². The minimum absolute atomic E-state index is 0.276. The van der Waals surface area contributed by atoms with Crippen LogP contribution in [0, 0.1) is 10.8 Å². The molecular formula is C13H24O3. The summed E-state index contributed by atoms with van der Waals surface area (Å²) in [5, 5.41) is 10.6. The average Bonchev–Trinajstić information content (AvgIpc) is 2.21. The number of rotatable bonds is 2. The van der Waals surface area contributed by atoms with E-state index in [1.54, 1.807) is 13.8 Å². The summed E-state index contributed by atoms with van der Waals surface area (Å²) in [4.78, 5) is 11.7. The summed E-state index contributed by atoms with van der Waals surface area (Å²) < 4.78 is 4.79. The van der Waals surface area contributed by atoms with Gasteiger partial charge in [0.25, 0.3) is 0 Å². The lowest BCUT2D eigenvalue weighted by atomic mass is 9.62. The summed E-state index contributed by atoms with van der Waals surface area (Å²) in [6.45, 7) is 7.96. The van der Waals surface area contributed by atoms with Gasteiger partial charge in [-0.15, -0.1) is 0 Å². The Hall–Kier alpha value is -0.570. The van der Waals surface area contributed by atoms with Crippen LogP contribution < -0.4 is 0 Å². The van der Waals surface area contributed by atoms with Gasteiger partial charge in [-0.2, -0.15) is 0 Å². The standard InChI is InChI=1S/C13H24O3/c1-11(2)6-8-13(15,9-7-11)12(3,4)10(14)16-5/h15H,6-9H2,1-5H3. The fourth-order valence-electron chi connectivity index (χ4n) is 2.41. The third-order valence-electron chi connectivity index (χ3n) is 4.29. The minimum atomic E-state index is -0.921. The maximum atomic E-state index is 11.7. The van der Waals surface area contributed by atoms with Crippen molar-refractivity contribution in [2.24, 2.45) is 10.8 Å². The van der Waals surface area contributed by atoms with Crippen LogP contribution in [0.4, 0.5) is 0 Å². The normalized spacial score (nSPS) is 23.9. The van der Waals surface area contributed by atoms with Crippen molar-refractivity contribution in [3.8, 4) is 0 Å². The largest absolute Gasteiger partial charge is 0.469 e. The maximum absolute atomic E-state index is 11.7. The number of aliphatic hydroxyl groups is 1. The minimum Gasteiger partial charge on any atom is -0.469 e. The Morgan fingerprint density at radius 2 is 1.62 bits per heavy atom. The van der Waals surface area contributed by atoms with Crippen molar-refractivity contribution in [2.45, 2.75) is 59.0 Å². The first-order valence-corrected chi connectivity index (χ1v) is 5.95. The fraction of sp³-hybridized carbons (Fsp3) is 0.923. The first-order chi connectivity index (χ1) is 7.15. The van der Waals surface area contributed by atoms with E-state index in [-0.39, 0.29) is 11.4 Å². The Morgan fingerprint density at radius 1 is 1.19 bits per heavy atom. The molecule has 1 aliphatic rings. The highest BCUT2D eigenvalue weighted by atomic mass is 16.5. The predicted octanol–water partition coefficient (Wildman–Crippen LogP) is 2.52. The SMILES string of the molecule is COC(=O)C(C)(C)C1(O)CCC(C)(C)CC1. The van der Waals surface area contributed by atoms with Gasteiger partial charge < -0.3 is 9.84 Å². The van der Waals surface area contributed by atoms with E-state index in [0.717, 1.165) is 12.8 Å². The van der Waals surface area contributed by atoms with Gasteiger partial charge in [-0.25, -0.2) is 0 Å². The molecule has 94 valence electrons. The summed E-state index contributed by atoms with van der Waals surface area (Å²) in [5.74, 6) is -0.324. The first kappa shape index (κ1) is 13.5. The van der Waals surface area contributed by atoms with E-state index in [1.165, 1.54) is 7.11 Å². The number of carbonyl (C=O) groups excluding carboxylic acids is 1. The Labute approximate surface area is 98.2 Å². The lowest BCUT2D eigenvalue weighted by Gasteiger charge is -2.47. The van der Waals surface area contributed by atoms with Crippen molar-refractivity contribution in [1.82, 2.24) is 0 Å². The molecule has 0 heterocycles. The second-order valence-corrected chi connectivity index (χ2v) is 6.31. The number of carbonyl (C=O) groups is 1. The molecule has 0 amide bonds. The first-order valence-electron chi connectivity index (χ1n) is 5.95. The zero-order valence-electron chi connectivity index (χ0n) is 11.1. The molecule has 0 bridgehead atoms. The van der Waals surface area contributed by atoms with Crippen molar-refractivity contribution in [3.63, 3.8) is 0 Å². The molecule has 0 aromatic rings. The molecule has 0 aromatic heterocycles. The third kappa shape index (κ3) is 2.24. The van der Waals surface area contributed by atoms with Gasteiger partial charge in [-0.05, 0) is 44.9 Å². The topological polar surface area (TPSA) is 46.5 Å². The zero-order chi connectivity index (χ0) is 12.6. The van der Waals surface area contributed by atoms with Crippen molar-refractivity contribution >= 4 is 5.97 Å². The number of ether oxygens (including phenoxy) is 1. The van der Waals surface area contributed by atoms with E-state index in [9.17, 15) is 9.90 Å². The van der Waals surface area contributed by atoms with Crippen LogP contribution >= 0.6 is 0 Å². The van der Waals surface area contributed by atoms with Crippen molar-refractivity contribution in [2.75, 3.05) is 7.11 Å². The van der Waals surface area contributed by atoms with E-state index in [4.69, 9.17) is 4.74 Å². The van der Waals surface area contributed by atoms with Crippen molar-refractivity contribution in [3.05, 3.63) is 0 Å². The Bertz CT molecular complexity index is 269. The molecular weight excluding hydrogens is 204 g/mol. The second-order valence-electron chi connectivity index (χ2n) is 6.31. The molecule has 0 unspecified atom stereocenters. The van der Waals surface area contributed by atoms with Crippen LogP contribution in [-0.2, 0) is 9.53 Å². The third-order valence-corrected chi connectivity index (χ3v) is 4.29. The van der Waals surface area contributed by atoms with Gasteiger partial charge in [0.1, 0.15) is 0 Å².